The van der Waals surface area contributed by atoms with Crippen molar-refractivity contribution in [3.05, 3.63) is 35.4 Å². The molecule has 1 aliphatic heterocycles. The van der Waals surface area contributed by atoms with E-state index < -0.39 is 0 Å². The summed E-state index contributed by atoms with van der Waals surface area (Å²) >= 11 is 0. The van der Waals surface area contributed by atoms with Crippen LogP contribution in [0.25, 0.3) is 0 Å². The zero-order chi connectivity index (χ0) is 14.9. The molecule has 21 heavy (non-hydrogen) atoms. The molecule has 0 aromatic heterocycles. The maximum Gasteiger partial charge on any atom is 0.220 e. The van der Waals surface area contributed by atoms with Crippen LogP contribution in [0.3, 0.4) is 0 Å². The van der Waals surface area contributed by atoms with E-state index in [1.165, 1.54) is 56.1 Å². The highest BCUT2D eigenvalue weighted by molar-refractivity contribution is 5.76. The summed E-state index contributed by atoms with van der Waals surface area (Å²) in [4.78, 5) is 12.1. The number of nitrogens with one attached hydrogen (secondary N) is 1. The Hall–Kier alpha value is -1.31. The van der Waals surface area contributed by atoms with E-state index in [4.69, 9.17) is 0 Å². The third-order valence-corrected chi connectivity index (χ3v) is 4.46. The molecule has 116 valence electrons. The molecule has 2 nitrogen and oxygen atoms in total. The number of hydrogen-bond donors (Lipinski definition) is 1. The zero-order valence-corrected chi connectivity index (χ0v) is 13.4. The molecule has 0 bridgehead atoms. The van der Waals surface area contributed by atoms with Gasteiger partial charge in [-0.3, -0.25) is 4.79 Å². The first-order chi connectivity index (χ1) is 10.3. The van der Waals surface area contributed by atoms with Gasteiger partial charge in [0.2, 0.25) is 5.91 Å². The summed E-state index contributed by atoms with van der Waals surface area (Å²) in [5.74, 6) is 0.222. The maximum absolute atomic E-state index is 12.1. The zero-order valence-electron chi connectivity index (χ0n) is 13.4. The van der Waals surface area contributed by atoms with Crippen LogP contribution in [0.2, 0.25) is 0 Å². The van der Waals surface area contributed by atoms with Crippen LogP contribution in [0.5, 0.6) is 0 Å². The number of hydrogen-bond acceptors (Lipinski definition) is 1. The van der Waals surface area contributed by atoms with E-state index in [2.05, 4.69) is 36.5 Å². The van der Waals surface area contributed by atoms with Crippen LogP contribution >= 0.6 is 0 Å². The number of carbonyl (C=O) groups excluding carboxylic acids is 1. The van der Waals surface area contributed by atoms with Crippen molar-refractivity contribution in [2.75, 3.05) is 0 Å². The van der Waals surface area contributed by atoms with E-state index in [1.54, 1.807) is 0 Å². The van der Waals surface area contributed by atoms with Crippen molar-refractivity contribution in [1.82, 2.24) is 5.32 Å². The van der Waals surface area contributed by atoms with Gasteiger partial charge in [-0.25, -0.2) is 0 Å². The molecular formula is C19H29NO. The third-order valence-electron chi connectivity index (χ3n) is 4.46. The predicted octanol–water partition coefficient (Wildman–Crippen LogP) is 5.07. The topological polar surface area (TPSA) is 29.1 Å². The molecule has 0 saturated carbocycles. The molecule has 0 aliphatic carbocycles. The monoisotopic (exact) mass is 287 g/mol. The molecule has 1 N–H and O–H groups in total. The largest absolute Gasteiger partial charge is 0.349 e. The molecule has 2 heteroatoms. The SMILES string of the molecule is Cc1ccc(C2CCCCCCCCCCC(=O)N2)cc1. The predicted molar refractivity (Wildman–Crippen MR) is 88.2 cm³/mol. The number of rotatable bonds is 1. The summed E-state index contributed by atoms with van der Waals surface area (Å²) in [6.45, 7) is 2.10. The van der Waals surface area contributed by atoms with Gasteiger partial charge in [0.05, 0.1) is 6.04 Å². The van der Waals surface area contributed by atoms with Gasteiger partial charge in [0.1, 0.15) is 0 Å². The molecule has 1 fully saturated rings. The van der Waals surface area contributed by atoms with Crippen molar-refractivity contribution in [3.63, 3.8) is 0 Å². The summed E-state index contributed by atoms with van der Waals surface area (Å²) in [5.41, 5.74) is 2.53. The Balaban J connectivity index is 2.00. The van der Waals surface area contributed by atoms with Gasteiger partial charge >= 0.3 is 0 Å². The van der Waals surface area contributed by atoms with Gasteiger partial charge in [-0.15, -0.1) is 0 Å². The minimum Gasteiger partial charge on any atom is -0.349 e. The quantitative estimate of drug-likeness (QED) is 0.768. The van der Waals surface area contributed by atoms with Crippen LogP contribution in [-0.4, -0.2) is 5.91 Å². The summed E-state index contributed by atoms with van der Waals surface area (Å²) in [5, 5.41) is 3.25. The van der Waals surface area contributed by atoms with Crippen LogP contribution in [0.4, 0.5) is 0 Å². The van der Waals surface area contributed by atoms with Crippen LogP contribution in [0, 0.1) is 6.92 Å². The molecule has 1 saturated heterocycles. The molecule has 1 heterocycles. The van der Waals surface area contributed by atoms with Gasteiger partial charge < -0.3 is 5.32 Å². The minimum atomic E-state index is 0.193. The molecule has 1 amide bonds. The smallest absolute Gasteiger partial charge is 0.220 e. The highest BCUT2D eigenvalue weighted by atomic mass is 16.1. The summed E-state index contributed by atoms with van der Waals surface area (Å²) < 4.78 is 0. The van der Waals surface area contributed by atoms with Gasteiger partial charge in [-0.2, -0.15) is 0 Å². The van der Waals surface area contributed by atoms with Crippen molar-refractivity contribution in [2.24, 2.45) is 0 Å². The van der Waals surface area contributed by atoms with Crippen molar-refractivity contribution >= 4 is 5.91 Å². The first-order valence-electron chi connectivity index (χ1n) is 8.61. The summed E-state index contributed by atoms with van der Waals surface area (Å²) in [6, 6.07) is 8.81. The normalized spacial score (nSPS) is 22.5. The Kier molecular flexibility index (Phi) is 6.78. The van der Waals surface area contributed by atoms with E-state index in [1.807, 2.05) is 0 Å². The minimum absolute atomic E-state index is 0.193. The number of benzene rings is 1. The fourth-order valence-corrected chi connectivity index (χ4v) is 3.08. The Bertz CT molecular complexity index is 424. The Morgan fingerprint density at radius 2 is 1.43 bits per heavy atom. The molecule has 1 unspecified atom stereocenters. The fourth-order valence-electron chi connectivity index (χ4n) is 3.08. The van der Waals surface area contributed by atoms with E-state index in [9.17, 15) is 4.79 Å². The van der Waals surface area contributed by atoms with E-state index >= 15 is 0 Å². The molecular weight excluding hydrogens is 258 g/mol. The van der Waals surface area contributed by atoms with Crippen molar-refractivity contribution in [3.8, 4) is 0 Å². The van der Waals surface area contributed by atoms with E-state index in [-0.39, 0.29) is 11.9 Å². The third kappa shape index (κ3) is 5.91. The van der Waals surface area contributed by atoms with Gasteiger partial charge in [-0.05, 0) is 25.3 Å². The molecule has 0 spiro atoms. The lowest BCUT2D eigenvalue weighted by Gasteiger charge is -2.19. The second-order valence-electron chi connectivity index (χ2n) is 6.40. The van der Waals surface area contributed by atoms with Crippen LogP contribution in [0.1, 0.15) is 81.4 Å². The van der Waals surface area contributed by atoms with Gasteiger partial charge in [0, 0.05) is 6.42 Å². The number of carbonyl (C=O) groups is 1. The highest BCUT2D eigenvalue weighted by Gasteiger charge is 2.14. The Morgan fingerprint density at radius 3 is 2.10 bits per heavy atom. The Morgan fingerprint density at radius 1 is 0.857 bits per heavy atom. The molecule has 2 rings (SSSR count). The van der Waals surface area contributed by atoms with E-state index in [0.29, 0.717) is 6.42 Å². The summed E-state index contributed by atoms with van der Waals surface area (Å²) in [7, 11) is 0. The van der Waals surface area contributed by atoms with Gasteiger partial charge in [0.15, 0.2) is 0 Å². The van der Waals surface area contributed by atoms with Gasteiger partial charge in [-0.1, -0.05) is 74.8 Å². The maximum atomic E-state index is 12.1. The Labute approximate surface area is 129 Å². The van der Waals surface area contributed by atoms with Gasteiger partial charge in [0.25, 0.3) is 0 Å². The van der Waals surface area contributed by atoms with E-state index in [0.717, 1.165) is 12.8 Å². The lowest BCUT2D eigenvalue weighted by atomic mass is 9.98. The number of amides is 1. The first kappa shape index (κ1) is 16.1. The number of aryl methyl sites for hydroxylation is 1. The van der Waals surface area contributed by atoms with Crippen molar-refractivity contribution < 1.29 is 4.79 Å². The summed E-state index contributed by atoms with van der Waals surface area (Å²) in [6.07, 6.45) is 11.8. The first-order valence-corrected chi connectivity index (χ1v) is 8.61. The van der Waals surface area contributed by atoms with Crippen LogP contribution < -0.4 is 5.32 Å². The van der Waals surface area contributed by atoms with Crippen molar-refractivity contribution in [2.45, 2.75) is 77.2 Å². The second-order valence-corrected chi connectivity index (χ2v) is 6.40. The lowest BCUT2D eigenvalue weighted by Crippen LogP contribution is -2.28. The molecule has 1 aromatic carbocycles. The fraction of sp³-hybridized carbons (Fsp3) is 0.632. The lowest BCUT2D eigenvalue weighted by molar-refractivity contribution is -0.122. The standard InChI is InChI=1S/C19H29NO/c1-16-12-14-17(15-13-16)18-10-8-6-4-2-3-5-7-9-11-19(21)20-18/h12-15,18H,2-11H2,1H3,(H,20,21). The molecule has 1 aliphatic rings. The average molecular weight is 287 g/mol. The highest BCUT2D eigenvalue weighted by Crippen LogP contribution is 2.22. The molecule has 1 atom stereocenters. The molecule has 0 radical (unpaired) electrons. The molecule has 1 aromatic rings. The van der Waals surface area contributed by atoms with Crippen LogP contribution in [-0.2, 0) is 4.79 Å². The van der Waals surface area contributed by atoms with Crippen molar-refractivity contribution in [1.29, 1.82) is 0 Å². The average Bonchev–Trinajstić information content (AvgIpc) is 2.50. The second kappa shape index (κ2) is 8.86. The van der Waals surface area contributed by atoms with Crippen LogP contribution in [0.15, 0.2) is 24.3 Å².